The highest BCUT2D eigenvalue weighted by Gasteiger charge is 2.30. The lowest BCUT2D eigenvalue weighted by molar-refractivity contribution is -0.136. The van der Waals surface area contributed by atoms with Crippen LogP contribution < -0.4 is 14.4 Å². The maximum absolute atomic E-state index is 13.3. The molecule has 0 N–H and O–H groups in total. The third-order valence-electron chi connectivity index (χ3n) is 6.89. The van der Waals surface area contributed by atoms with Gasteiger partial charge in [-0.05, 0) is 50.5 Å². The van der Waals surface area contributed by atoms with Crippen molar-refractivity contribution >= 4 is 22.8 Å². The van der Waals surface area contributed by atoms with Crippen LogP contribution in [0.2, 0.25) is 0 Å². The minimum absolute atomic E-state index is 0.00691. The van der Waals surface area contributed by atoms with Crippen LogP contribution in [0.4, 0.5) is 5.95 Å². The molecule has 172 valence electrons. The van der Waals surface area contributed by atoms with Crippen LogP contribution in [-0.2, 0) is 4.79 Å². The number of aryl methyl sites for hydroxylation is 1. The molecule has 1 aromatic heterocycles. The fourth-order valence-corrected chi connectivity index (χ4v) is 4.71. The van der Waals surface area contributed by atoms with E-state index in [2.05, 4.69) is 17.9 Å². The molecule has 2 aliphatic rings. The van der Waals surface area contributed by atoms with Gasteiger partial charge in [0, 0.05) is 31.4 Å². The lowest BCUT2D eigenvalue weighted by Crippen LogP contribution is -2.42. The largest absolute Gasteiger partial charge is 0.486 e. The van der Waals surface area contributed by atoms with E-state index >= 15 is 0 Å². The highest BCUT2D eigenvalue weighted by Crippen LogP contribution is 2.34. The van der Waals surface area contributed by atoms with Crippen molar-refractivity contribution in [3.63, 3.8) is 0 Å². The molecule has 1 saturated heterocycles. The van der Waals surface area contributed by atoms with Crippen molar-refractivity contribution in [2.24, 2.45) is 5.92 Å². The fraction of sp³-hybridized carbons (Fsp3) is 0.423. The summed E-state index contributed by atoms with van der Waals surface area (Å²) in [4.78, 5) is 26.9. The number of amides is 1. The second-order valence-corrected chi connectivity index (χ2v) is 8.92. The zero-order valence-electron chi connectivity index (χ0n) is 19.5. The van der Waals surface area contributed by atoms with Gasteiger partial charge in [0.25, 0.3) is 0 Å². The molecule has 0 saturated carbocycles. The predicted octanol–water partition coefficient (Wildman–Crippen LogP) is 4.15. The van der Waals surface area contributed by atoms with Gasteiger partial charge < -0.3 is 19.3 Å². The first-order valence-electron chi connectivity index (χ1n) is 11.7. The topological polar surface area (TPSA) is 67.8 Å². The van der Waals surface area contributed by atoms with Crippen LogP contribution in [0.1, 0.15) is 37.1 Å². The van der Waals surface area contributed by atoms with E-state index in [-0.39, 0.29) is 17.9 Å². The minimum atomic E-state index is -0.0437. The van der Waals surface area contributed by atoms with Crippen LogP contribution in [0, 0.1) is 12.8 Å². The zero-order chi connectivity index (χ0) is 22.9. The number of hydrogen-bond acceptors (Lipinski definition) is 6. The summed E-state index contributed by atoms with van der Waals surface area (Å²) in [5.74, 6) is 2.48. The van der Waals surface area contributed by atoms with Gasteiger partial charge in [-0.25, -0.2) is 9.97 Å². The maximum Gasteiger partial charge on any atom is 0.226 e. The summed E-state index contributed by atoms with van der Waals surface area (Å²) in [7, 11) is 1.89. The van der Waals surface area contributed by atoms with E-state index in [1.807, 2.05) is 55.3 Å². The first kappa shape index (κ1) is 21.5. The van der Waals surface area contributed by atoms with Crippen molar-refractivity contribution in [2.75, 3.05) is 38.3 Å². The SMILES string of the molecule is Cc1nc(N2CCC(C(=O)N(C)C(C)c3ccc4c(c3)OCCO4)CC2)nc2ccccc12. The van der Waals surface area contributed by atoms with Crippen molar-refractivity contribution in [1.29, 1.82) is 0 Å². The molecule has 5 rings (SSSR count). The molecule has 33 heavy (non-hydrogen) atoms. The van der Waals surface area contributed by atoms with Crippen molar-refractivity contribution < 1.29 is 14.3 Å². The number of benzene rings is 2. The molecule has 7 heteroatoms. The number of fused-ring (bicyclic) bond motifs is 2. The first-order valence-corrected chi connectivity index (χ1v) is 11.7. The number of anilines is 1. The quantitative estimate of drug-likeness (QED) is 0.600. The van der Waals surface area contributed by atoms with Gasteiger partial charge in [0.2, 0.25) is 11.9 Å². The van der Waals surface area contributed by atoms with Crippen molar-refractivity contribution in [3.05, 3.63) is 53.7 Å². The Bertz CT molecular complexity index is 1170. The standard InChI is InChI=1S/C26H30N4O3/c1-17-21-6-4-5-7-22(21)28-26(27-17)30-12-10-19(11-13-30)25(31)29(3)18(2)20-8-9-23-24(16-20)33-15-14-32-23/h4-9,16,18-19H,10-15H2,1-3H3. The normalized spacial score (nSPS) is 17.1. The lowest BCUT2D eigenvalue weighted by Gasteiger charge is -2.35. The van der Waals surface area contributed by atoms with Gasteiger partial charge in [-0.2, -0.15) is 0 Å². The summed E-state index contributed by atoms with van der Waals surface area (Å²) in [5, 5.41) is 1.08. The predicted molar refractivity (Wildman–Crippen MR) is 128 cm³/mol. The molecule has 1 atom stereocenters. The number of nitrogens with zero attached hydrogens (tertiary/aromatic N) is 4. The van der Waals surface area contributed by atoms with E-state index in [1.165, 1.54) is 0 Å². The molecule has 1 unspecified atom stereocenters. The van der Waals surface area contributed by atoms with Gasteiger partial charge in [-0.15, -0.1) is 0 Å². The van der Waals surface area contributed by atoms with E-state index in [0.717, 1.165) is 65.5 Å². The molecular formula is C26H30N4O3. The molecule has 3 heterocycles. The third kappa shape index (κ3) is 4.19. The second-order valence-electron chi connectivity index (χ2n) is 8.92. The molecule has 0 spiro atoms. The number of hydrogen-bond donors (Lipinski definition) is 0. The molecule has 7 nitrogen and oxygen atoms in total. The van der Waals surface area contributed by atoms with Crippen LogP contribution in [0.3, 0.4) is 0 Å². The summed E-state index contributed by atoms with van der Waals surface area (Å²) >= 11 is 0. The van der Waals surface area contributed by atoms with Crippen LogP contribution >= 0.6 is 0 Å². The average molecular weight is 447 g/mol. The Morgan fingerprint density at radius 3 is 2.58 bits per heavy atom. The maximum atomic E-state index is 13.3. The van der Waals surface area contributed by atoms with Gasteiger partial charge in [0.15, 0.2) is 11.5 Å². The third-order valence-corrected chi connectivity index (χ3v) is 6.89. The summed E-state index contributed by atoms with van der Waals surface area (Å²) in [6.45, 7) is 6.77. The number of piperidine rings is 1. The summed E-state index contributed by atoms with van der Waals surface area (Å²) in [6, 6.07) is 14.0. The van der Waals surface area contributed by atoms with Crippen molar-refractivity contribution in [2.45, 2.75) is 32.7 Å². The number of rotatable bonds is 4. The number of carbonyl (C=O) groups excluding carboxylic acids is 1. The Morgan fingerprint density at radius 2 is 1.79 bits per heavy atom. The summed E-state index contributed by atoms with van der Waals surface area (Å²) < 4.78 is 11.3. The number of para-hydroxylation sites is 1. The second kappa shape index (κ2) is 8.89. The molecule has 1 amide bonds. The van der Waals surface area contributed by atoms with Crippen LogP contribution in [-0.4, -0.2) is 54.1 Å². The van der Waals surface area contributed by atoms with Gasteiger partial charge in [-0.1, -0.05) is 24.3 Å². The molecular weight excluding hydrogens is 416 g/mol. The fourth-order valence-electron chi connectivity index (χ4n) is 4.71. The van der Waals surface area contributed by atoms with Gasteiger partial charge in [0.05, 0.1) is 17.3 Å². The molecule has 2 aromatic carbocycles. The smallest absolute Gasteiger partial charge is 0.226 e. The van der Waals surface area contributed by atoms with Gasteiger partial charge in [0.1, 0.15) is 13.2 Å². The minimum Gasteiger partial charge on any atom is -0.486 e. The van der Waals surface area contributed by atoms with E-state index in [1.54, 1.807) is 0 Å². The van der Waals surface area contributed by atoms with Crippen LogP contribution in [0.5, 0.6) is 11.5 Å². The van der Waals surface area contributed by atoms with Crippen molar-refractivity contribution in [3.8, 4) is 11.5 Å². The molecule has 1 fully saturated rings. The first-order chi connectivity index (χ1) is 16.0. The molecule has 2 aliphatic heterocycles. The lowest BCUT2D eigenvalue weighted by atomic mass is 9.94. The van der Waals surface area contributed by atoms with Crippen LogP contribution in [0.25, 0.3) is 10.9 Å². The van der Waals surface area contributed by atoms with E-state index in [0.29, 0.717) is 13.2 Å². The van der Waals surface area contributed by atoms with Gasteiger partial charge in [-0.3, -0.25) is 4.79 Å². The number of carbonyl (C=O) groups is 1. The zero-order valence-corrected chi connectivity index (χ0v) is 19.5. The summed E-state index contributed by atoms with van der Waals surface area (Å²) in [6.07, 6.45) is 1.60. The number of aromatic nitrogens is 2. The molecule has 0 aliphatic carbocycles. The van der Waals surface area contributed by atoms with Crippen LogP contribution in [0.15, 0.2) is 42.5 Å². The molecule has 0 bridgehead atoms. The van der Waals surface area contributed by atoms with Crippen molar-refractivity contribution in [1.82, 2.24) is 14.9 Å². The average Bonchev–Trinajstić information content (AvgIpc) is 2.87. The highest BCUT2D eigenvalue weighted by atomic mass is 16.6. The Morgan fingerprint density at radius 1 is 1.06 bits per heavy atom. The molecule has 0 radical (unpaired) electrons. The number of ether oxygens (including phenoxy) is 2. The van der Waals surface area contributed by atoms with E-state index < -0.39 is 0 Å². The summed E-state index contributed by atoms with van der Waals surface area (Å²) in [5.41, 5.74) is 3.00. The Balaban J connectivity index is 1.24. The van der Waals surface area contributed by atoms with E-state index in [9.17, 15) is 4.79 Å². The monoisotopic (exact) mass is 446 g/mol. The Kier molecular flexibility index (Phi) is 5.79. The highest BCUT2D eigenvalue weighted by molar-refractivity contribution is 5.82. The molecule has 3 aromatic rings. The Hall–Kier alpha value is -3.35. The van der Waals surface area contributed by atoms with Gasteiger partial charge >= 0.3 is 0 Å². The Labute approximate surface area is 194 Å². The van der Waals surface area contributed by atoms with E-state index in [4.69, 9.17) is 19.4 Å².